The van der Waals surface area contributed by atoms with Crippen molar-refractivity contribution in [2.24, 2.45) is 0 Å². The molecule has 28 heavy (non-hydrogen) atoms. The number of hydrogen-bond donors (Lipinski definition) is 0. The van der Waals surface area contributed by atoms with Crippen LogP contribution >= 0.6 is 11.6 Å². The van der Waals surface area contributed by atoms with Crippen LogP contribution in [0.1, 0.15) is 30.7 Å². The second-order valence-electron chi connectivity index (χ2n) is 7.21. The molecule has 3 rings (SSSR count). The summed E-state index contributed by atoms with van der Waals surface area (Å²) in [6, 6.07) is 18.4. The molecule has 0 aliphatic rings. The Kier molecular flexibility index (Phi) is 6.28. The van der Waals surface area contributed by atoms with Gasteiger partial charge in [0.2, 0.25) is 10.0 Å². The zero-order chi connectivity index (χ0) is 20.3. The lowest BCUT2D eigenvalue weighted by Gasteiger charge is -2.26. The Morgan fingerprint density at radius 1 is 1.04 bits per heavy atom. The number of nitrogens with zero attached hydrogens (tertiary/aromatic N) is 2. The molecular formula is C22H25ClN2O2S. The summed E-state index contributed by atoms with van der Waals surface area (Å²) >= 11 is 5.92. The minimum absolute atomic E-state index is 0.178. The minimum atomic E-state index is -3.63. The maximum absolute atomic E-state index is 13.2. The van der Waals surface area contributed by atoms with Crippen LogP contribution in [-0.4, -0.2) is 23.3 Å². The number of hydrogen-bond acceptors (Lipinski definition) is 2. The van der Waals surface area contributed by atoms with E-state index in [2.05, 4.69) is 29.7 Å². The van der Waals surface area contributed by atoms with Gasteiger partial charge in [0, 0.05) is 29.5 Å². The molecule has 0 spiro atoms. The van der Waals surface area contributed by atoms with E-state index in [1.54, 1.807) is 24.3 Å². The van der Waals surface area contributed by atoms with Crippen molar-refractivity contribution in [1.29, 1.82) is 0 Å². The topological polar surface area (TPSA) is 42.3 Å². The molecule has 3 aromatic rings. The van der Waals surface area contributed by atoms with E-state index >= 15 is 0 Å². The minimum Gasteiger partial charge on any atom is -0.346 e. The molecular weight excluding hydrogens is 392 g/mol. The summed E-state index contributed by atoms with van der Waals surface area (Å²) in [6.45, 7) is 6.86. The second kappa shape index (κ2) is 8.52. The van der Waals surface area contributed by atoms with Crippen LogP contribution in [0.3, 0.4) is 0 Å². The quantitative estimate of drug-likeness (QED) is 0.537. The van der Waals surface area contributed by atoms with Gasteiger partial charge in [-0.25, -0.2) is 8.42 Å². The van der Waals surface area contributed by atoms with Gasteiger partial charge in [-0.15, -0.1) is 0 Å². The van der Waals surface area contributed by atoms with Crippen molar-refractivity contribution >= 4 is 21.6 Å². The third-order valence-corrected chi connectivity index (χ3v) is 6.96. The number of sulfonamides is 1. The first-order chi connectivity index (χ1) is 13.3. The predicted molar refractivity (Wildman–Crippen MR) is 114 cm³/mol. The van der Waals surface area contributed by atoms with Crippen LogP contribution in [0.2, 0.25) is 5.02 Å². The summed E-state index contributed by atoms with van der Waals surface area (Å²) in [5, 5.41) is 0.516. The summed E-state index contributed by atoms with van der Waals surface area (Å²) in [7, 11) is -3.63. The van der Waals surface area contributed by atoms with Gasteiger partial charge in [0.15, 0.2) is 0 Å². The predicted octanol–water partition coefficient (Wildman–Crippen LogP) is 5.10. The summed E-state index contributed by atoms with van der Waals surface area (Å²) in [6.07, 6.45) is 1.99. The summed E-state index contributed by atoms with van der Waals surface area (Å²) in [4.78, 5) is 0.252. The van der Waals surface area contributed by atoms with Crippen LogP contribution in [-0.2, 0) is 23.1 Å². The molecule has 0 amide bonds. The first-order valence-electron chi connectivity index (χ1n) is 9.24. The van der Waals surface area contributed by atoms with E-state index in [9.17, 15) is 8.42 Å². The molecule has 148 valence electrons. The number of rotatable bonds is 7. The van der Waals surface area contributed by atoms with Crippen molar-refractivity contribution in [3.8, 4) is 0 Å². The number of halogens is 1. The Labute approximate surface area is 172 Å². The molecule has 0 radical (unpaired) electrons. The van der Waals surface area contributed by atoms with Crippen molar-refractivity contribution < 1.29 is 8.42 Å². The highest BCUT2D eigenvalue weighted by molar-refractivity contribution is 7.89. The van der Waals surface area contributed by atoms with Crippen LogP contribution in [0.4, 0.5) is 0 Å². The van der Waals surface area contributed by atoms with Crippen molar-refractivity contribution in [1.82, 2.24) is 8.87 Å². The normalized spacial score (nSPS) is 12.1. The largest absolute Gasteiger partial charge is 0.346 e. The fourth-order valence-corrected chi connectivity index (χ4v) is 4.94. The Morgan fingerprint density at radius 3 is 2.39 bits per heavy atom. The van der Waals surface area contributed by atoms with E-state index in [1.807, 2.05) is 38.2 Å². The highest BCUT2D eigenvalue weighted by atomic mass is 35.5. The Morgan fingerprint density at radius 2 is 1.75 bits per heavy atom. The Hall–Kier alpha value is -2.08. The number of aryl methyl sites for hydroxylation is 1. The van der Waals surface area contributed by atoms with Crippen LogP contribution in [0, 0.1) is 6.92 Å². The Bertz CT molecular complexity index is 1040. The lowest BCUT2D eigenvalue weighted by molar-refractivity contribution is 0.340. The second-order valence-corrected chi connectivity index (χ2v) is 9.54. The van der Waals surface area contributed by atoms with Gasteiger partial charge in [0.1, 0.15) is 0 Å². The van der Waals surface area contributed by atoms with Gasteiger partial charge < -0.3 is 4.57 Å². The molecule has 0 N–H and O–H groups in total. The molecule has 0 atom stereocenters. The summed E-state index contributed by atoms with van der Waals surface area (Å²) in [5.74, 6) is 0. The molecule has 0 saturated heterocycles. The first kappa shape index (κ1) is 20.6. The zero-order valence-corrected chi connectivity index (χ0v) is 17.9. The standard InChI is InChI=1S/C22H25ClN2O2S/c1-17(2)25(28(26,27)22-11-9-20(23)10-12-22)16-21-8-5-13-24(21)15-19-7-4-6-18(3)14-19/h4-14,17H,15-16H2,1-3H3. The van der Waals surface area contributed by atoms with Gasteiger partial charge in [0.05, 0.1) is 11.4 Å². The van der Waals surface area contributed by atoms with Gasteiger partial charge >= 0.3 is 0 Å². The van der Waals surface area contributed by atoms with Gasteiger partial charge in [-0.1, -0.05) is 41.4 Å². The zero-order valence-electron chi connectivity index (χ0n) is 16.3. The van der Waals surface area contributed by atoms with Crippen LogP contribution < -0.4 is 0 Å². The lowest BCUT2D eigenvalue weighted by atomic mass is 10.1. The van der Waals surface area contributed by atoms with Gasteiger partial charge in [-0.05, 0) is 62.7 Å². The molecule has 0 unspecified atom stereocenters. The van der Waals surface area contributed by atoms with Crippen molar-refractivity contribution in [2.45, 2.75) is 44.8 Å². The molecule has 2 aromatic carbocycles. The fourth-order valence-electron chi connectivity index (χ4n) is 3.20. The molecule has 1 aromatic heterocycles. The molecule has 0 saturated carbocycles. The van der Waals surface area contributed by atoms with Crippen LogP contribution in [0.25, 0.3) is 0 Å². The molecule has 1 heterocycles. The van der Waals surface area contributed by atoms with E-state index < -0.39 is 10.0 Å². The fraction of sp³-hybridized carbons (Fsp3) is 0.273. The third-order valence-electron chi connectivity index (χ3n) is 4.67. The smallest absolute Gasteiger partial charge is 0.243 e. The maximum atomic E-state index is 13.2. The van der Waals surface area contributed by atoms with Crippen molar-refractivity contribution in [2.75, 3.05) is 0 Å². The molecule has 0 aliphatic heterocycles. The first-order valence-corrected chi connectivity index (χ1v) is 11.1. The number of benzene rings is 2. The third kappa shape index (κ3) is 4.66. The highest BCUT2D eigenvalue weighted by Crippen LogP contribution is 2.23. The van der Waals surface area contributed by atoms with Gasteiger partial charge in [-0.2, -0.15) is 4.31 Å². The Balaban J connectivity index is 1.88. The molecule has 0 aliphatic carbocycles. The summed E-state index contributed by atoms with van der Waals surface area (Å²) in [5.41, 5.74) is 3.35. The number of aromatic nitrogens is 1. The average Bonchev–Trinajstić information content (AvgIpc) is 3.06. The van der Waals surface area contributed by atoms with Crippen molar-refractivity contribution in [3.05, 3.63) is 88.7 Å². The van der Waals surface area contributed by atoms with E-state index in [1.165, 1.54) is 15.4 Å². The molecule has 0 bridgehead atoms. The monoisotopic (exact) mass is 416 g/mol. The van der Waals surface area contributed by atoms with E-state index in [4.69, 9.17) is 11.6 Å². The van der Waals surface area contributed by atoms with Gasteiger partial charge in [0.25, 0.3) is 0 Å². The molecule has 0 fully saturated rings. The molecule has 4 nitrogen and oxygen atoms in total. The maximum Gasteiger partial charge on any atom is 0.243 e. The van der Waals surface area contributed by atoms with Crippen LogP contribution in [0.5, 0.6) is 0 Å². The average molecular weight is 417 g/mol. The SMILES string of the molecule is Cc1cccc(Cn2cccc2CN(C(C)C)S(=O)(=O)c2ccc(Cl)cc2)c1. The van der Waals surface area contributed by atoms with E-state index in [-0.39, 0.29) is 10.9 Å². The van der Waals surface area contributed by atoms with E-state index in [0.717, 1.165) is 5.69 Å². The molecule has 6 heteroatoms. The van der Waals surface area contributed by atoms with Crippen LogP contribution in [0.15, 0.2) is 71.8 Å². The van der Waals surface area contributed by atoms with Crippen molar-refractivity contribution in [3.63, 3.8) is 0 Å². The lowest BCUT2D eigenvalue weighted by Crippen LogP contribution is -2.37. The van der Waals surface area contributed by atoms with Gasteiger partial charge in [-0.3, -0.25) is 0 Å². The summed E-state index contributed by atoms with van der Waals surface area (Å²) < 4.78 is 30.0. The highest BCUT2D eigenvalue weighted by Gasteiger charge is 2.28. The van der Waals surface area contributed by atoms with E-state index in [0.29, 0.717) is 18.1 Å².